The molecule has 0 bridgehead atoms. The molecule has 1 fully saturated rings. The second-order valence-electron chi connectivity index (χ2n) is 7.42. The number of anilines is 1. The van der Waals surface area contributed by atoms with Crippen LogP contribution in [0.5, 0.6) is 0 Å². The van der Waals surface area contributed by atoms with E-state index in [0.29, 0.717) is 39.5 Å². The molecule has 1 N–H and O–H groups in total. The van der Waals surface area contributed by atoms with Gasteiger partial charge in [-0.3, -0.25) is 4.90 Å². The van der Waals surface area contributed by atoms with E-state index in [9.17, 15) is 5.11 Å². The fourth-order valence-corrected chi connectivity index (χ4v) is 3.72. The number of benzene rings is 1. The summed E-state index contributed by atoms with van der Waals surface area (Å²) in [6, 6.07) is 10.1. The van der Waals surface area contributed by atoms with Crippen molar-refractivity contribution in [2.45, 2.75) is 32.4 Å². The van der Waals surface area contributed by atoms with Crippen LogP contribution in [0.1, 0.15) is 25.3 Å². The first-order chi connectivity index (χ1) is 14.2. The van der Waals surface area contributed by atoms with E-state index in [-0.39, 0.29) is 0 Å². The minimum Gasteiger partial charge on any atom is -0.389 e. The number of hydrogen-bond donors (Lipinski definition) is 1. The highest BCUT2D eigenvalue weighted by Crippen LogP contribution is 2.34. The molecule has 1 aromatic carbocycles. The third-order valence-electron chi connectivity index (χ3n) is 5.18. The van der Waals surface area contributed by atoms with Crippen LogP contribution >= 0.6 is 0 Å². The second-order valence-corrected chi connectivity index (χ2v) is 7.42. The van der Waals surface area contributed by atoms with Crippen molar-refractivity contribution in [3.8, 4) is 11.3 Å². The predicted octanol–water partition coefficient (Wildman–Crippen LogP) is 2.79. The molecule has 0 aliphatic carbocycles. The molecule has 1 aliphatic rings. The first kappa shape index (κ1) is 21.8. The zero-order valence-electron chi connectivity index (χ0n) is 17.5. The van der Waals surface area contributed by atoms with Gasteiger partial charge >= 0.3 is 0 Å². The fourth-order valence-electron chi connectivity index (χ4n) is 3.72. The number of aliphatic hydroxyl groups is 1. The van der Waals surface area contributed by atoms with E-state index >= 15 is 0 Å². The van der Waals surface area contributed by atoms with Gasteiger partial charge in [-0.25, -0.2) is 0 Å². The van der Waals surface area contributed by atoms with Crippen molar-refractivity contribution in [2.24, 2.45) is 0 Å². The maximum Gasteiger partial charge on any atom is 0.232 e. The van der Waals surface area contributed by atoms with E-state index in [2.05, 4.69) is 27.1 Å². The molecule has 0 radical (unpaired) electrons. The number of methoxy groups -OCH3 is 1. The summed E-state index contributed by atoms with van der Waals surface area (Å²) in [4.78, 5) is 4.46. The molecule has 2 aromatic rings. The summed E-state index contributed by atoms with van der Waals surface area (Å²) >= 11 is 0. The molecule has 29 heavy (non-hydrogen) atoms. The maximum absolute atomic E-state index is 10.4. The van der Waals surface area contributed by atoms with Crippen LogP contribution < -0.4 is 4.90 Å². The van der Waals surface area contributed by atoms with Crippen LogP contribution in [0.4, 0.5) is 5.88 Å². The van der Waals surface area contributed by atoms with Crippen molar-refractivity contribution in [1.82, 2.24) is 10.1 Å². The van der Waals surface area contributed by atoms with Gasteiger partial charge in [0, 0.05) is 52.0 Å². The molecular weight excluding hydrogens is 370 g/mol. The van der Waals surface area contributed by atoms with E-state index in [0.717, 1.165) is 35.8 Å². The third kappa shape index (κ3) is 6.02. The van der Waals surface area contributed by atoms with Gasteiger partial charge in [0.15, 0.2) is 0 Å². The monoisotopic (exact) mass is 403 g/mol. The number of aromatic nitrogens is 1. The Morgan fingerprint density at radius 2 is 2.00 bits per heavy atom. The average molecular weight is 404 g/mol. The van der Waals surface area contributed by atoms with E-state index < -0.39 is 6.10 Å². The van der Waals surface area contributed by atoms with Gasteiger partial charge in [-0.2, -0.15) is 0 Å². The summed E-state index contributed by atoms with van der Waals surface area (Å²) in [6.07, 6.45) is 1.78. The van der Waals surface area contributed by atoms with Crippen LogP contribution in [0, 0.1) is 0 Å². The molecule has 3 rings (SSSR count). The largest absolute Gasteiger partial charge is 0.389 e. The average Bonchev–Trinajstić information content (AvgIpc) is 3.41. The van der Waals surface area contributed by atoms with Gasteiger partial charge in [-0.15, -0.1) is 0 Å². The lowest BCUT2D eigenvalue weighted by Crippen LogP contribution is -2.37. The van der Waals surface area contributed by atoms with Gasteiger partial charge in [-0.1, -0.05) is 35.5 Å². The summed E-state index contributed by atoms with van der Waals surface area (Å²) in [5.41, 5.74) is 2.98. The quantitative estimate of drug-likeness (QED) is 0.584. The van der Waals surface area contributed by atoms with Gasteiger partial charge in [0.25, 0.3) is 0 Å². The maximum atomic E-state index is 10.4. The van der Waals surface area contributed by atoms with E-state index in [4.69, 9.17) is 14.0 Å². The number of hydrogen-bond acceptors (Lipinski definition) is 7. The molecule has 0 amide bonds. The van der Waals surface area contributed by atoms with Gasteiger partial charge < -0.3 is 24.0 Å². The highest BCUT2D eigenvalue weighted by molar-refractivity contribution is 5.68. The lowest BCUT2D eigenvalue weighted by molar-refractivity contribution is 0.0149. The Kier molecular flexibility index (Phi) is 8.49. The number of nitrogens with zero attached hydrogens (tertiary/aromatic N) is 3. The third-order valence-corrected chi connectivity index (χ3v) is 5.18. The van der Waals surface area contributed by atoms with Crippen LogP contribution in [-0.2, 0) is 16.0 Å². The van der Waals surface area contributed by atoms with Crippen molar-refractivity contribution >= 4 is 5.88 Å². The minimum absolute atomic E-state index is 0.328. The Bertz CT molecular complexity index is 716. The first-order valence-electron chi connectivity index (χ1n) is 10.5. The molecule has 2 heterocycles. The summed E-state index contributed by atoms with van der Waals surface area (Å²) in [7, 11) is 1.69. The Hall–Kier alpha value is -1.93. The minimum atomic E-state index is -0.554. The van der Waals surface area contributed by atoms with Crippen LogP contribution in [0.15, 0.2) is 34.9 Å². The summed E-state index contributed by atoms with van der Waals surface area (Å²) in [5, 5.41) is 14.8. The normalized spacial score (nSPS) is 15.4. The van der Waals surface area contributed by atoms with E-state index in [1.165, 1.54) is 12.8 Å². The van der Waals surface area contributed by atoms with Crippen LogP contribution in [0.3, 0.4) is 0 Å². The fraction of sp³-hybridized carbons (Fsp3) is 0.591. The van der Waals surface area contributed by atoms with Crippen LogP contribution in [0.2, 0.25) is 0 Å². The molecule has 1 aromatic heterocycles. The standard InChI is InChI=1S/C22H33N3O4/c1-3-28-17-19(26)15-24(13-14-27-2)16-20-21(18-9-5-4-6-10-18)23-29-22(20)25-11-7-8-12-25/h4-6,9-10,19,26H,3,7-8,11-17H2,1-2H3/t19-/m1/s1. The Balaban J connectivity index is 1.85. The molecule has 0 saturated carbocycles. The predicted molar refractivity (Wildman–Crippen MR) is 113 cm³/mol. The van der Waals surface area contributed by atoms with E-state index in [1.54, 1.807) is 7.11 Å². The summed E-state index contributed by atoms with van der Waals surface area (Å²) in [6.45, 7) is 7.26. The Morgan fingerprint density at radius 3 is 2.69 bits per heavy atom. The number of rotatable bonds is 12. The molecule has 1 saturated heterocycles. The Labute approximate surface area is 173 Å². The van der Waals surface area contributed by atoms with Gasteiger partial charge in [0.1, 0.15) is 5.69 Å². The summed E-state index contributed by atoms with van der Waals surface area (Å²) in [5.74, 6) is 0.850. The molecule has 0 spiro atoms. The van der Waals surface area contributed by atoms with Crippen LogP contribution in [0.25, 0.3) is 11.3 Å². The number of ether oxygens (including phenoxy) is 2. The molecule has 7 heteroatoms. The lowest BCUT2D eigenvalue weighted by atomic mass is 10.1. The van der Waals surface area contributed by atoms with Crippen molar-refractivity contribution in [1.29, 1.82) is 0 Å². The van der Waals surface area contributed by atoms with Crippen molar-refractivity contribution in [3.63, 3.8) is 0 Å². The van der Waals surface area contributed by atoms with Crippen molar-refractivity contribution in [3.05, 3.63) is 35.9 Å². The second kappa shape index (κ2) is 11.3. The van der Waals surface area contributed by atoms with Gasteiger partial charge in [0.2, 0.25) is 5.88 Å². The molecule has 1 aliphatic heterocycles. The molecule has 160 valence electrons. The van der Waals surface area contributed by atoms with E-state index in [1.807, 2.05) is 25.1 Å². The SMILES string of the molecule is CCOC[C@H](O)CN(CCOC)Cc1c(-c2ccccc2)noc1N1CCCC1. The molecule has 1 atom stereocenters. The zero-order chi connectivity index (χ0) is 20.5. The first-order valence-corrected chi connectivity index (χ1v) is 10.5. The number of aliphatic hydroxyl groups excluding tert-OH is 1. The van der Waals surface area contributed by atoms with Gasteiger partial charge in [-0.05, 0) is 19.8 Å². The summed E-state index contributed by atoms with van der Waals surface area (Å²) < 4.78 is 16.5. The highest BCUT2D eigenvalue weighted by atomic mass is 16.5. The van der Waals surface area contributed by atoms with Crippen molar-refractivity contribution in [2.75, 3.05) is 58.0 Å². The lowest BCUT2D eigenvalue weighted by Gasteiger charge is -2.26. The topological polar surface area (TPSA) is 71.2 Å². The highest BCUT2D eigenvalue weighted by Gasteiger charge is 2.26. The molecular formula is C22H33N3O4. The van der Waals surface area contributed by atoms with Crippen LogP contribution in [-0.4, -0.2) is 74.4 Å². The smallest absolute Gasteiger partial charge is 0.232 e. The van der Waals surface area contributed by atoms with Gasteiger partial charge in [0.05, 0.1) is 24.9 Å². The van der Waals surface area contributed by atoms with Crippen molar-refractivity contribution < 1.29 is 19.1 Å². The molecule has 7 nitrogen and oxygen atoms in total. The Morgan fingerprint density at radius 1 is 1.24 bits per heavy atom. The zero-order valence-corrected chi connectivity index (χ0v) is 17.5. The molecule has 0 unspecified atom stereocenters.